The van der Waals surface area contributed by atoms with E-state index in [1.54, 1.807) is 0 Å². The van der Waals surface area contributed by atoms with E-state index < -0.39 is 11.9 Å². The first-order chi connectivity index (χ1) is 10.1. The molecule has 0 aliphatic heterocycles. The molecule has 1 aromatic heterocycles. The molecule has 0 saturated carbocycles. The van der Waals surface area contributed by atoms with Crippen LogP contribution in [0.1, 0.15) is 16.1 Å². The lowest BCUT2D eigenvalue weighted by atomic mass is 9.99. The highest BCUT2D eigenvalue weighted by molar-refractivity contribution is 6.30. The number of aromatic nitrogens is 1. The molecule has 1 aromatic carbocycles. The van der Waals surface area contributed by atoms with Crippen LogP contribution in [0.15, 0.2) is 42.6 Å². The van der Waals surface area contributed by atoms with Gasteiger partial charge in [0.15, 0.2) is 0 Å². The van der Waals surface area contributed by atoms with Crippen molar-refractivity contribution >= 4 is 23.5 Å². The van der Waals surface area contributed by atoms with Gasteiger partial charge in [0.1, 0.15) is 5.69 Å². The molecule has 0 bridgehead atoms. The lowest BCUT2D eigenvalue weighted by Crippen LogP contribution is -2.34. The molecule has 1 atom stereocenters. The van der Waals surface area contributed by atoms with Crippen LogP contribution in [0.25, 0.3) is 0 Å². The molecule has 0 radical (unpaired) electrons. The Balaban J connectivity index is 1.94. The number of amides is 1. The normalized spacial score (nSPS) is 11.9. The fraction of sp³-hybridized carbons (Fsp3) is 0.200. The number of hydrogen-bond donors (Lipinski definition) is 3. The molecule has 0 unspecified atom stereocenters. The third-order valence-electron chi connectivity index (χ3n) is 3.08. The first-order valence-electron chi connectivity index (χ1n) is 6.45. The minimum atomic E-state index is -0.941. The van der Waals surface area contributed by atoms with Crippen LogP contribution in [0.5, 0.6) is 0 Å². The smallest absolute Gasteiger partial charge is 0.308 e. The number of aromatic amines is 1. The zero-order chi connectivity index (χ0) is 15.2. The van der Waals surface area contributed by atoms with Crippen molar-refractivity contribution in [3.8, 4) is 0 Å². The van der Waals surface area contributed by atoms with Crippen LogP contribution < -0.4 is 5.32 Å². The van der Waals surface area contributed by atoms with Gasteiger partial charge in [0.05, 0.1) is 10.9 Å². The topological polar surface area (TPSA) is 82.2 Å². The summed E-state index contributed by atoms with van der Waals surface area (Å²) in [5.41, 5.74) is 1.23. The van der Waals surface area contributed by atoms with Gasteiger partial charge in [0, 0.05) is 12.7 Å². The summed E-state index contributed by atoms with van der Waals surface area (Å²) < 4.78 is 0. The number of carbonyl (C=O) groups excluding carboxylic acids is 1. The average Bonchev–Trinajstić information content (AvgIpc) is 2.90. The van der Waals surface area contributed by atoms with E-state index in [4.69, 9.17) is 11.6 Å². The fourth-order valence-electron chi connectivity index (χ4n) is 1.96. The number of aliphatic carboxylic acids is 1. The highest BCUT2D eigenvalue weighted by Gasteiger charge is 2.19. The van der Waals surface area contributed by atoms with Crippen molar-refractivity contribution in [1.29, 1.82) is 0 Å². The average molecular weight is 307 g/mol. The van der Waals surface area contributed by atoms with Gasteiger partial charge in [-0.2, -0.15) is 0 Å². The Morgan fingerprint density at radius 3 is 2.57 bits per heavy atom. The van der Waals surface area contributed by atoms with Crippen molar-refractivity contribution in [3.05, 3.63) is 58.9 Å². The summed E-state index contributed by atoms with van der Waals surface area (Å²) in [6.07, 6.45) is 1.86. The molecule has 5 nitrogen and oxygen atoms in total. The Morgan fingerprint density at radius 2 is 2.00 bits per heavy atom. The first kappa shape index (κ1) is 15.1. The third kappa shape index (κ3) is 4.36. The van der Waals surface area contributed by atoms with Crippen molar-refractivity contribution in [2.75, 3.05) is 6.54 Å². The molecule has 110 valence electrons. The minimum absolute atomic E-state index is 0.0553. The second-order valence-electron chi connectivity index (χ2n) is 4.67. The van der Waals surface area contributed by atoms with Crippen LogP contribution in [0.4, 0.5) is 0 Å². The molecular weight excluding hydrogens is 292 g/mol. The first-order valence-corrected chi connectivity index (χ1v) is 6.83. The number of nitrogens with one attached hydrogen (secondary N) is 2. The lowest BCUT2D eigenvalue weighted by molar-refractivity contribution is -0.141. The number of benzene rings is 1. The van der Waals surface area contributed by atoms with Gasteiger partial charge < -0.3 is 15.4 Å². The third-order valence-corrected chi connectivity index (χ3v) is 3.29. The molecule has 2 rings (SSSR count). The summed E-state index contributed by atoms with van der Waals surface area (Å²) in [5.74, 6) is -1.99. The number of carbonyl (C=O) groups is 2. The summed E-state index contributed by atoms with van der Waals surface area (Å²) in [4.78, 5) is 25.8. The second kappa shape index (κ2) is 6.95. The summed E-state index contributed by atoms with van der Waals surface area (Å²) >= 11 is 5.72. The van der Waals surface area contributed by atoms with Crippen LogP contribution >= 0.6 is 11.6 Å². The van der Waals surface area contributed by atoms with E-state index in [2.05, 4.69) is 10.3 Å². The highest BCUT2D eigenvalue weighted by Crippen LogP contribution is 2.11. The van der Waals surface area contributed by atoms with Crippen molar-refractivity contribution < 1.29 is 14.7 Å². The Morgan fingerprint density at radius 1 is 1.29 bits per heavy atom. The molecule has 0 aliphatic rings. The maximum atomic E-state index is 11.8. The van der Waals surface area contributed by atoms with Crippen LogP contribution in [0.2, 0.25) is 5.02 Å². The Kier molecular flexibility index (Phi) is 5.00. The van der Waals surface area contributed by atoms with E-state index in [0.717, 1.165) is 5.56 Å². The van der Waals surface area contributed by atoms with E-state index in [1.807, 2.05) is 30.3 Å². The molecule has 21 heavy (non-hydrogen) atoms. The quantitative estimate of drug-likeness (QED) is 0.766. The number of carboxylic acids is 1. The number of hydrogen-bond acceptors (Lipinski definition) is 2. The zero-order valence-corrected chi connectivity index (χ0v) is 11.9. The van der Waals surface area contributed by atoms with Gasteiger partial charge in [-0.15, -0.1) is 0 Å². The molecular formula is C15H15ClN2O3. The van der Waals surface area contributed by atoms with Gasteiger partial charge in [0.25, 0.3) is 5.91 Å². The maximum Gasteiger partial charge on any atom is 0.308 e. The number of halogens is 1. The van der Waals surface area contributed by atoms with Crippen molar-refractivity contribution in [2.45, 2.75) is 6.42 Å². The molecule has 0 spiro atoms. The fourth-order valence-corrected chi connectivity index (χ4v) is 2.12. The molecule has 0 fully saturated rings. The SMILES string of the molecule is O=C(NC[C@H](Cc1ccccc1)C(=O)O)c1cc(Cl)c[nH]1. The van der Waals surface area contributed by atoms with Gasteiger partial charge in [-0.1, -0.05) is 41.9 Å². The van der Waals surface area contributed by atoms with Gasteiger partial charge in [-0.3, -0.25) is 9.59 Å². The number of H-pyrrole nitrogens is 1. The second-order valence-corrected chi connectivity index (χ2v) is 5.10. The summed E-state index contributed by atoms with van der Waals surface area (Å²) in [6, 6.07) is 10.8. The largest absolute Gasteiger partial charge is 0.481 e. The molecule has 3 N–H and O–H groups in total. The monoisotopic (exact) mass is 306 g/mol. The summed E-state index contributed by atoms with van der Waals surface area (Å²) in [6.45, 7) is 0.0553. The van der Waals surface area contributed by atoms with E-state index in [9.17, 15) is 14.7 Å². The standard InChI is InChI=1S/C15H15ClN2O3/c16-12-7-13(17-9-12)14(19)18-8-11(15(20)21)6-10-4-2-1-3-5-10/h1-5,7,9,11,17H,6,8H2,(H,18,19)(H,20,21)/t11-/m0/s1. The van der Waals surface area contributed by atoms with E-state index in [-0.39, 0.29) is 12.5 Å². The van der Waals surface area contributed by atoms with Gasteiger partial charge in [-0.05, 0) is 18.1 Å². The predicted octanol–water partition coefficient (Wildman–Crippen LogP) is 2.34. The molecule has 0 aliphatic carbocycles. The van der Waals surface area contributed by atoms with Crippen LogP contribution in [0.3, 0.4) is 0 Å². The maximum absolute atomic E-state index is 11.8. The molecule has 6 heteroatoms. The van der Waals surface area contributed by atoms with Gasteiger partial charge in [-0.25, -0.2) is 0 Å². The summed E-state index contributed by atoms with van der Waals surface area (Å²) in [7, 11) is 0. The van der Waals surface area contributed by atoms with Crippen molar-refractivity contribution in [1.82, 2.24) is 10.3 Å². The molecule has 0 saturated heterocycles. The van der Waals surface area contributed by atoms with E-state index in [0.29, 0.717) is 17.1 Å². The van der Waals surface area contributed by atoms with Crippen LogP contribution in [-0.2, 0) is 11.2 Å². The Hall–Kier alpha value is -2.27. The van der Waals surface area contributed by atoms with Gasteiger partial charge >= 0.3 is 5.97 Å². The van der Waals surface area contributed by atoms with Crippen LogP contribution in [0, 0.1) is 5.92 Å². The zero-order valence-electron chi connectivity index (χ0n) is 11.2. The van der Waals surface area contributed by atoms with E-state index >= 15 is 0 Å². The Bertz CT molecular complexity index is 625. The minimum Gasteiger partial charge on any atom is -0.481 e. The molecule has 1 heterocycles. The molecule has 2 aromatic rings. The Labute approximate surface area is 126 Å². The summed E-state index contributed by atoms with van der Waals surface area (Å²) in [5, 5.41) is 12.3. The van der Waals surface area contributed by atoms with Crippen molar-refractivity contribution in [3.63, 3.8) is 0 Å². The van der Waals surface area contributed by atoms with E-state index in [1.165, 1.54) is 12.3 Å². The number of rotatable bonds is 6. The lowest BCUT2D eigenvalue weighted by Gasteiger charge is -2.13. The van der Waals surface area contributed by atoms with Crippen molar-refractivity contribution in [2.24, 2.45) is 5.92 Å². The number of carboxylic acid groups (broad SMARTS) is 1. The molecule has 1 amide bonds. The van der Waals surface area contributed by atoms with Gasteiger partial charge in [0.2, 0.25) is 0 Å². The predicted molar refractivity (Wildman–Crippen MR) is 79.4 cm³/mol. The van der Waals surface area contributed by atoms with Crippen LogP contribution in [-0.4, -0.2) is 28.5 Å². The highest BCUT2D eigenvalue weighted by atomic mass is 35.5.